The minimum Gasteiger partial charge on any atom is -0.310 e. The van der Waals surface area contributed by atoms with Crippen LogP contribution in [0.2, 0.25) is 0 Å². The SMILES string of the molecule is c1ccc(-c2ccc(N(c3ccc(-c4ccc(-n5c6ccccc6c6c7c(-c8ccccc8)cccc7ccc65)c5ccccc45)cc3)c3cccc4ccccc34)cc2)cc1. The van der Waals surface area contributed by atoms with Gasteiger partial charge in [-0.25, -0.2) is 0 Å². The number of aromatic nitrogens is 1. The van der Waals surface area contributed by atoms with Crippen molar-refractivity contribution in [3.05, 3.63) is 243 Å². The highest BCUT2D eigenvalue weighted by Crippen LogP contribution is 2.44. The molecule has 62 heavy (non-hydrogen) atoms. The second-order valence-electron chi connectivity index (χ2n) is 16.1. The summed E-state index contributed by atoms with van der Waals surface area (Å²) in [6.45, 7) is 0. The third-order valence-corrected chi connectivity index (χ3v) is 12.6. The van der Waals surface area contributed by atoms with E-state index < -0.39 is 0 Å². The molecule has 0 aliphatic heterocycles. The molecule has 0 unspecified atom stereocenters. The summed E-state index contributed by atoms with van der Waals surface area (Å²) < 4.78 is 2.48. The molecule has 12 aromatic rings. The molecule has 0 N–H and O–H groups in total. The number of rotatable bonds is 7. The minimum absolute atomic E-state index is 1.10. The third-order valence-electron chi connectivity index (χ3n) is 12.6. The lowest BCUT2D eigenvalue weighted by molar-refractivity contribution is 1.20. The van der Waals surface area contributed by atoms with Gasteiger partial charge in [0, 0.05) is 32.9 Å². The van der Waals surface area contributed by atoms with Crippen LogP contribution in [0.1, 0.15) is 0 Å². The molecular formula is C60H40N2. The predicted octanol–water partition coefficient (Wildman–Crippen LogP) is 16.7. The quantitative estimate of drug-likeness (QED) is 0.156. The van der Waals surface area contributed by atoms with E-state index in [4.69, 9.17) is 0 Å². The summed E-state index contributed by atoms with van der Waals surface area (Å²) >= 11 is 0. The monoisotopic (exact) mass is 788 g/mol. The van der Waals surface area contributed by atoms with Crippen molar-refractivity contribution < 1.29 is 0 Å². The first-order chi connectivity index (χ1) is 30.8. The summed E-state index contributed by atoms with van der Waals surface area (Å²) in [7, 11) is 0. The number of anilines is 3. The van der Waals surface area contributed by atoms with Crippen LogP contribution in [-0.2, 0) is 0 Å². The molecule has 0 aliphatic carbocycles. The van der Waals surface area contributed by atoms with Gasteiger partial charge in [0.15, 0.2) is 0 Å². The topological polar surface area (TPSA) is 8.17 Å². The predicted molar refractivity (Wildman–Crippen MR) is 264 cm³/mol. The molecule has 0 fully saturated rings. The summed E-state index contributed by atoms with van der Waals surface area (Å²) in [4.78, 5) is 2.39. The normalized spacial score (nSPS) is 11.5. The lowest BCUT2D eigenvalue weighted by Crippen LogP contribution is -2.10. The van der Waals surface area contributed by atoms with Crippen molar-refractivity contribution in [2.75, 3.05) is 4.90 Å². The molecule has 1 heterocycles. The number of nitrogens with zero attached hydrogens (tertiary/aromatic N) is 2. The van der Waals surface area contributed by atoms with E-state index in [-0.39, 0.29) is 0 Å². The van der Waals surface area contributed by atoms with Crippen LogP contribution in [0.25, 0.3) is 93.2 Å². The van der Waals surface area contributed by atoms with Crippen molar-refractivity contribution in [2.24, 2.45) is 0 Å². The van der Waals surface area contributed by atoms with Gasteiger partial charge in [0.2, 0.25) is 0 Å². The average Bonchev–Trinajstić information content (AvgIpc) is 3.69. The van der Waals surface area contributed by atoms with Crippen molar-refractivity contribution in [3.8, 4) is 39.1 Å². The molecular weight excluding hydrogens is 749 g/mol. The Hall–Kier alpha value is -8.20. The molecule has 0 saturated carbocycles. The zero-order valence-corrected chi connectivity index (χ0v) is 34.0. The Morgan fingerprint density at radius 1 is 0.274 bits per heavy atom. The van der Waals surface area contributed by atoms with E-state index in [2.05, 4.69) is 252 Å². The number of hydrogen-bond acceptors (Lipinski definition) is 1. The van der Waals surface area contributed by atoms with Gasteiger partial charge in [-0.1, -0.05) is 194 Å². The molecule has 0 bridgehead atoms. The molecule has 12 rings (SSSR count). The van der Waals surface area contributed by atoms with Crippen molar-refractivity contribution in [2.45, 2.75) is 0 Å². The summed E-state index contributed by atoms with van der Waals surface area (Å²) in [5, 5.41) is 9.93. The molecule has 1 aromatic heterocycles. The second-order valence-corrected chi connectivity index (χ2v) is 16.1. The second kappa shape index (κ2) is 14.8. The number of fused-ring (bicyclic) bond motifs is 7. The Morgan fingerprint density at radius 2 is 0.823 bits per heavy atom. The first-order valence-electron chi connectivity index (χ1n) is 21.3. The van der Waals surface area contributed by atoms with Crippen LogP contribution >= 0.6 is 0 Å². The fraction of sp³-hybridized carbons (Fsp3) is 0. The lowest BCUT2D eigenvalue weighted by atomic mass is 9.94. The van der Waals surface area contributed by atoms with E-state index in [0.717, 1.165) is 17.1 Å². The molecule has 2 heteroatoms. The van der Waals surface area contributed by atoms with Gasteiger partial charge < -0.3 is 9.47 Å². The molecule has 0 aliphatic rings. The maximum atomic E-state index is 2.48. The van der Waals surface area contributed by atoms with Crippen LogP contribution in [0.4, 0.5) is 17.1 Å². The van der Waals surface area contributed by atoms with E-state index >= 15 is 0 Å². The van der Waals surface area contributed by atoms with Gasteiger partial charge in [0.05, 0.1) is 22.4 Å². The zero-order chi connectivity index (χ0) is 41.0. The van der Waals surface area contributed by atoms with E-state index in [1.165, 1.54) is 93.2 Å². The Bertz CT molecular complexity index is 3600. The lowest BCUT2D eigenvalue weighted by Gasteiger charge is -2.27. The maximum Gasteiger partial charge on any atom is 0.0548 e. The summed E-state index contributed by atoms with van der Waals surface area (Å²) in [6.07, 6.45) is 0. The third kappa shape index (κ3) is 5.88. The Balaban J connectivity index is 0.996. The Labute approximate surface area is 360 Å². The van der Waals surface area contributed by atoms with Gasteiger partial charge in [-0.15, -0.1) is 0 Å². The van der Waals surface area contributed by atoms with Crippen molar-refractivity contribution in [1.29, 1.82) is 0 Å². The molecule has 0 amide bonds. The molecule has 2 nitrogen and oxygen atoms in total. The van der Waals surface area contributed by atoms with E-state index in [1.807, 2.05) is 0 Å². The smallest absolute Gasteiger partial charge is 0.0548 e. The Morgan fingerprint density at radius 3 is 1.58 bits per heavy atom. The minimum atomic E-state index is 1.10. The highest BCUT2D eigenvalue weighted by atomic mass is 15.1. The van der Waals surface area contributed by atoms with Crippen LogP contribution in [0.3, 0.4) is 0 Å². The van der Waals surface area contributed by atoms with Crippen LogP contribution in [0.15, 0.2) is 243 Å². The number of para-hydroxylation sites is 1. The van der Waals surface area contributed by atoms with Crippen LogP contribution in [-0.4, -0.2) is 4.57 Å². The highest BCUT2D eigenvalue weighted by Gasteiger charge is 2.20. The van der Waals surface area contributed by atoms with Crippen LogP contribution < -0.4 is 4.90 Å². The number of hydrogen-bond donors (Lipinski definition) is 0. The van der Waals surface area contributed by atoms with E-state index in [1.54, 1.807) is 0 Å². The molecule has 0 radical (unpaired) electrons. The summed E-state index contributed by atoms with van der Waals surface area (Å²) in [6, 6.07) is 88.3. The Kier molecular flexibility index (Phi) is 8.53. The average molecular weight is 789 g/mol. The molecule has 290 valence electrons. The van der Waals surface area contributed by atoms with E-state index in [9.17, 15) is 0 Å². The van der Waals surface area contributed by atoms with Gasteiger partial charge in [0.1, 0.15) is 0 Å². The first-order valence-corrected chi connectivity index (χ1v) is 21.3. The van der Waals surface area contributed by atoms with Gasteiger partial charge >= 0.3 is 0 Å². The van der Waals surface area contributed by atoms with Crippen molar-refractivity contribution >= 4 is 71.2 Å². The van der Waals surface area contributed by atoms with Gasteiger partial charge in [0.25, 0.3) is 0 Å². The fourth-order valence-corrected chi connectivity index (χ4v) is 9.74. The number of benzene rings is 11. The van der Waals surface area contributed by atoms with Crippen LogP contribution in [0, 0.1) is 0 Å². The van der Waals surface area contributed by atoms with Crippen molar-refractivity contribution in [1.82, 2.24) is 4.57 Å². The summed E-state index contributed by atoms with van der Waals surface area (Å²) in [5.41, 5.74) is 14.2. The molecule has 0 atom stereocenters. The highest BCUT2D eigenvalue weighted by molar-refractivity contribution is 6.25. The van der Waals surface area contributed by atoms with Gasteiger partial charge in [-0.2, -0.15) is 0 Å². The van der Waals surface area contributed by atoms with Gasteiger partial charge in [-0.05, 0) is 103 Å². The molecule has 0 saturated heterocycles. The maximum absolute atomic E-state index is 2.48. The summed E-state index contributed by atoms with van der Waals surface area (Å²) in [5.74, 6) is 0. The molecule has 11 aromatic carbocycles. The van der Waals surface area contributed by atoms with Crippen molar-refractivity contribution in [3.63, 3.8) is 0 Å². The largest absolute Gasteiger partial charge is 0.310 e. The fourth-order valence-electron chi connectivity index (χ4n) is 9.74. The zero-order valence-electron chi connectivity index (χ0n) is 34.0. The standard InChI is InChI=1S/C60H40N2/c1-3-15-41(16-4-1)42-29-34-47(35-30-42)61(55-28-14-20-43-19-7-8-22-50(43)55)48-36-31-45(32-37-48)49-38-40-57(53-24-10-9-23-52(49)53)62-56-27-12-11-25-54(56)60-58(62)39-33-46-21-13-26-51(59(46)60)44-17-5-2-6-18-44/h1-40H. The van der Waals surface area contributed by atoms with Gasteiger partial charge in [-0.3, -0.25) is 0 Å². The molecule has 0 spiro atoms. The first kappa shape index (κ1) is 35.7. The van der Waals surface area contributed by atoms with E-state index in [0.29, 0.717) is 0 Å². The van der Waals surface area contributed by atoms with Crippen LogP contribution in [0.5, 0.6) is 0 Å².